The minimum Gasteiger partial charge on any atom is -0.493 e. The minimum atomic E-state index is -0.502. The molecule has 0 atom stereocenters. The zero-order valence-electron chi connectivity index (χ0n) is 17.0. The fourth-order valence-corrected chi connectivity index (χ4v) is 2.42. The quantitative estimate of drug-likeness (QED) is 0.277. The van der Waals surface area contributed by atoms with Gasteiger partial charge in [0, 0.05) is 5.69 Å². The van der Waals surface area contributed by atoms with E-state index in [1.807, 2.05) is 25.1 Å². The molecule has 0 spiro atoms. The molecule has 0 aliphatic heterocycles. The van der Waals surface area contributed by atoms with Gasteiger partial charge in [0.2, 0.25) is 11.8 Å². The molecule has 7 nitrogen and oxygen atoms in total. The highest BCUT2D eigenvalue weighted by Crippen LogP contribution is 2.27. The number of carbonyl (C=O) groups is 2. The first-order valence-corrected chi connectivity index (χ1v) is 9.51. The highest BCUT2D eigenvalue weighted by atomic mass is 16.5. The number of nitrogens with zero attached hydrogens (tertiary/aromatic N) is 1. The van der Waals surface area contributed by atoms with E-state index in [-0.39, 0.29) is 6.42 Å². The number of hydrogen-bond donors (Lipinski definition) is 2. The number of aryl methyl sites for hydroxylation is 1. The van der Waals surface area contributed by atoms with Crippen LogP contribution in [0.15, 0.2) is 47.6 Å². The van der Waals surface area contributed by atoms with Crippen molar-refractivity contribution >= 4 is 23.7 Å². The third kappa shape index (κ3) is 7.65. The summed E-state index contributed by atoms with van der Waals surface area (Å²) in [5.74, 6) is 0.345. The maximum atomic E-state index is 11.9. The van der Waals surface area contributed by atoms with Crippen molar-refractivity contribution in [2.24, 2.45) is 5.10 Å². The van der Waals surface area contributed by atoms with E-state index in [9.17, 15) is 9.59 Å². The molecule has 2 aromatic carbocycles. The van der Waals surface area contributed by atoms with Crippen LogP contribution in [-0.4, -0.2) is 31.7 Å². The third-order valence-electron chi connectivity index (χ3n) is 4.00. The van der Waals surface area contributed by atoms with Crippen molar-refractivity contribution < 1.29 is 19.1 Å². The molecule has 2 rings (SSSR count). The molecule has 0 aromatic heterocycles. The van der Waals surface area contributed by atoms with Gasteiger partial charge in [0.05, 0.1) is 19.9 Å². The Labute approximate surface area is 171 Å². The Morgan fingerprint density at radius 1 is 1.07 bits per heavy atom. The van der Waals surface area contributed by atoms with Gasteiger partial charge >= 0.3 is 0 Å². The highest BCUT2D eigenvalue weighted by Gasteiger charge is 2.09. The number of anilines is 1. The van der Waals surface area contributed by atoms with Crippen molar-refractivity contribution in [3.8, 4) is 11.5 Å². The summed E-state index contributed by atoms with van der Waals surface area (Å²) >= 11 is 0. The second kappa shape index (κ2) is 11.5. The van der Waals surface area contributed by atoms with E-state index < -0.39 is 11.8 Å². The number of carbonyl (C=O) groups excluding carboxylic acids is 2. The van der Waals surface area contributed by atoms with Crippen LogP contribution in [0.2, 0.25) is 0 Å². The zero-order chi connectivity index (χ0) is 21.1. The molecule has 154 valence electrons. The lowest BCUT2D eigenvalue weighted by molar-refractivity contribution is -0.126. The minimum absolute atomic E-state index is 0.321. The first kappa shape index (κ1) is 21.9. The Morgan fingerprint density at radius 3 is 2.52 bits per heavy atom. The number of rotatable bonds is 10. The summed E-state index contributed by atoms with van der Waals surface area (Å²) < 4.78 is 11.0. The van der Waals surface area contributed by atoms with Gasteiger partial charge in [-0.2, -0.15) is 5.10 Å². The van der Waals surface area contributed by atoms with Crippen LogP contribution in [0, 0.1) is 6.92 Å². The average Bonchev–Trinajstić information content (AvgIpc) is 2.70. The monoisotopic (exact) mass is 397 g/mol. The number of hydrazone groups is 1. The zero-order valence-corrected chi connectivity index (χ0v) is 17.0. The van der Waals surface area contributed by atoms with Crippen molar-refractivity contribution in [1.29, 1.82) is 0 Å². The van der Waals surface area contributed by atoms with Crippen LogP contribution in [0.1, 0.15) is 37.3 Å². The van der Waals surface area contributed by atoms with Crippen molar-refractivity contribution in [2.45, 2.75) is 33.1 Å². The predicted molar refractivity (Wildman–Crippen MR) is 114 cm³/mol. The topological polar surface area (TPSA) is 89.0 Å². The molecule has 0 fully saturated rings. The number of nitrogens with one attached hydrogen (secondary N) is 2. The molecule has 0 saturated heterocycles. The van der Waals surface area contributed by atoms with E-state index in [0.29, 0.717) is 23.8 Å². The van der Waals surface area contributed by atoms with Crippen molar-refractivity contribution in [2.75, 3.05) is 19.0 Å². The molecular weight excluding hydrogens is 370 g/mol. The first-order chi connectivity index (χ1) is 14.0. The van der Waals surface area contributed by atoms with E-state index in [0.717, 1.165) is 24.0 Å². The number of amides is 2. The van der Waals surface area contributed by atoms with Gasteiger partial charge in [-0.1, -0.05) is 31.0 Å². The molecule has 0 saturated carbocycles. The molecule has 7 heteroatoms. The normalized spacial score (nSPS) is 10.6. The third-order valence-corrected chi connectivity index (χ3v) is 4.00. The van der Waals surface area contributed by atoms with Gasteiger partial charge in [-0.05, 0) is 49.2 Å². The first-order valence-electron chi connectivity index (χ1n) is 9.51. The number of ether oxygens (including phenoxy) is 2. The van der Waals surface area contributed by atoms with Gasteiger partial charge in [0.25, 0.3) is 0 Å². The Balaban J connectivity index is 1.84. The van der Waals surface area contributed by atoms with Crippen LogP contribution in [0.25, 0.3) is 0 Å². The van der Waals surface area contributed by atoms with Crippen LogP contribution >= 0.6 is 0 Å². The Morgan fingerprint density at radius 2 is 1.83 bits per heavy atom. The summed E-state index contributed by atoms with van der Waals surface area (Å²) in [5, 5.41) is 6.56. The van der Waals surface area contributed by atoms with Crippen LogP contribution in [0.5, 0.6) is 11.5 Å². The molecular formula is C22H27N3O4. The number of methoxy groups -OCH3 is 1. The van der Waals surface area contributed by atoms with E-state index in [2.05, 4.69) is 22.8 Å². The smallest absolute Gasteiger partial charge is 0.249 e. The van der Waals surface area contributed by atoms with Crippen LogP contribution in [0.4, 0.5) is 5.69 Å². The van der Waals surface area contributed by atoms with Gasteiger partial charge in [-0.15, -0.1) is 0 Å². The molecule has 2 amide bonds. The summed E-state index contributed by atoms with van der Waals surface area (Å²) in [6, 6.07) is 12.7. The highest BCUT2D eigenvalue weighted by molar-refractivity contribution is 6.03. The second-order valence-corrected chi connectivity index (χ2v) is 6.50. The van der Waals surface area contributed by atoms with E-state index in [4.69, 9.17) is 9.47 Å². The standard InChI is InChI=1S/C22H27N3O4/c1-4-5-12-29-19-11-8-17(13-20(19)28-3)15-23-25-22(27)14-21(26)24-18-9-6-16(2)7-10-18/h6-11,13,15H,4-5,12,14H2,1-3H3,(H,24,26)(H,25,27). The van der Waals surface area contributed by atoms with Gasteiger partial charge in [-0.3, -0.25) is 9.59 Å². The predicted octanol–water partition coefficient (Wildman–Crippen LogP) is 3.66. The summed E-state index contributed by atoms with van der Waals surface area (Å²) in [4.78, 5) is 23.8. The molecule has 29 heavy (non-hydrogen) atoms. The van der Waals surface area contributed by atoms with Crippen molar-refractivity contribution in [1.82, 2.24) is 5.43 Å². The number of unbranched alkanes of at least 4 members (excludes halogenated alkanes) is 1. The van der Waals surface area contributed by atoms with Crippen molar-refractivity contribution in [3.63, 3.8) is 0 Å². The fourth-order valence-electron chi connectivity index (χ4n) is 2.42. The SMILES string of the molecule is CCCCOc1ccc(C=NNC(=O)CC(=O)Nc2ccc(C)cc2)cc1OC. The van der Waals surface area contributed by atoms with Crippen molar-refractivity contribution in [3.05, 3.63) is 53.6 Å². The molecule has 2 aromatic rings. The lowest BCUT2D eigenvalue weighted by atomic mass is 10.2. The number of hydrogen-bond acceptors (Lipinski definition) is 5. The molecule has 0 radical (unpaired) electrons. The van der Waals surface area contributed by atoms with Crippen LogP contribution < -0.4 is 20.2 Å². The van der Waals surface area contributed by atoms with E-state index in [1.54, 1.807) is 31.4 Å². The molecule has 0 aliphatic carbocycles. The van der Waals surface area contributed by atoms with E-state index >= 15 is 0 Å². The fraction of sp³-hybridized carbons (Fsp3) is 0.318. The lowest BCUT2D eigenvalue weighted by Crippen LogP contribution is -2.24. The Kier molecular flexibility index (Phi) is 8.69. The van der Waals surface area contributed by atoms with E-state index in [1.165, 1.54) is 6.21 Å². The summed E-state index contributed by atoms with van der Waals surface area (Å²) in [5.41, 5.74) is 4.81. The summed E-state index contributed by atoms with van der Waals surface area (Å²) in [7, 11) is 1.57. The summed E-state index contributed by atoms with van der Waals surface area (Å²) in [6.45, 7) is 4.68. The number of benzene rings is 2. The Hall–Kier alpha value is -3.35. The molecule has 2 N–H and O–H groups in total. The molecule has 0 unspecified atom stereocenters. The maximum absolute atomic E-state index is 11.9. The Bertz CT molecular complexity index is 848. The largest absolute Gasteiger partial charge is 0.493 e. The average molecular weight is 397 g/mol. The second-order valence-electron chi connectivity index (χ2n) is 6.50. The van der Waals surface area contributed by atoms with Gasteiger partial charge in [-0.25, -0.2) is 5.43 Å². The molecule has 0 bridgehead atoms. The summed E-state index contributed by atoms with van der Waals surface area (Å²) in [6.07, 6.45) is 3.18. The maximum Gasteiger partial charge on any atom is 0.249 e. The molecule has 0 heterocycles. The van der Waals surface area contributed by atoms with Crippen LogP contribution in [0.3, 0.4) is 0 Å². The van der Waals surface area contributed by atoms with Crippen LogP contribution in [-0.2, 0) is 9.59 Å². The van der Waals surface area contributed by atoms with Gasteiger partial charge in [0.15, 0.2) is 11.5 Å². The van der Waals surface area contributed by atoms with Gasteiger partial charge in [0.1, 0.15) is 6.42 Å². The van der Waals surface area contributed by atoms with Gasteiger partial charge < -0.3 is 14.8 Å². The molecule has 0 aliphatic rings. The lowest BCUT2D eigenvalue weighted by Gasteiger charge is -2.10.